The second-order valence-corrected chi connectivity index (χ2v) is 6.78. The predicted octanol–water partition coefficient (Wildman–Crippen LogP) is 2.94. The molecule has 2 aromatic rings. The summed E-state index contributed by atoms with van der Waals surface area (Å²) in [5, 5.41) is 3.54. The molecule has 112 valence electrons. The molecule has 0 spiro atoms. The van der Waals surface area contributed by atoms with Crippen molar-refractivity contribution in [2.75, 3.05) is 13.1 Å². The normalized spacial score (nSPS) is 24.3. The largest absolute Gasteiger partial charge is 0.325 e. The van der Waals surface area contributed by atoms with Gasteiger partial charge in [-0.05, 0) is 56.7 Å². The zero-order valence-corrected chi connectivity index (χ0v) is 12.8. The molecule has 0 amide bonds. The summed E-state index contributed by atoms with van der Waals surface area (Å²) in [6.45, 7) is 4.76. The summed E-state index contributed by atoms with van der Waals surface area (Å²) in [4.78, 5) is 9.12. The number of imidazole rings is 1. The third kappa shape index (κ3) is 2.57. The summed E-state index contributed by atoms with van der Waals surface area (Å²) >= 11 is 0. The standard InChI is InChI=1S/C17H24N4/c1-12(13-3-2-7-18-10-13)9-17-20-15-11-19-8-6-16(15)21(17)14-4-5-14/h6,8,11-14,18H,2-5,7,9-10H2,1H3. The molecule has 1 aliphatic heterocycles. The van der Waals surface area contributed by atoms with Crippen LogP contribution in [0.5, 0.6) is 0 Å². The van der Waals surface area contributed by atoms with Crippen molar-refractivity contribution in [2.24, 2.45) is 11.8 Å². The van der Waals surface area contributed by atoms with Crippen LogP contribution in [0.1, 0.15) is 44.5 Å². The van der Waals surface area contributed by atoms with E-state index >= 15 is 0 Å². The number of hydrogen-bond acceptors (Lipinski definition) is 3. The van der Waals surface area contributed by atoms with E-state index in [1.165, 1.54) is 50.1 Å². The molecule has 0 bridgehead atoms. The third-order valence-electron chi connectivity index (χ3n) is 5.12. The zero-order valence-electron chi connectivity index (χ0n) is 12.8. The summed E-state index contributed by atoms with van der Waals surface area (Å²) < 4.78 is 2.49. The predicted molar refractivity (Wildman–Crippen MR) is 84.3 cm³/mol. The molecule has 1 saturated carbocycles. The van der Waals surface area contributed by atoms with Gasteiger partial charge in [0.25, 0.3) is 0 Å². The molecule has 2 aliphatic rings. The monoisotopic (exact) mass is 284 g/mol. The molecule has 4 heteroatoms. The van der Waals surface area contributed by atoms with Crippen molar-refractivity contribution in [2.45, 2.75) is 45.1 Å². The Labute approximate surface area is 126 Å². The lowest BCUT2D eigenvalue weighted by atomic mass is 9.85. The number of rotatable bonds is 4. The molecule has 3 heterocycles. The molecule has 1 aliphatic carbocycles. The summed E-state index contributed by atoms with van der Waals surface area (Å²) in [5.74, 6) is 2.77. The fourth-order valence-electron chi connectivity index (χ4n) is 3.70. The van der Waals surface area contributed by atoms with Crippen LogP contribution in [-0.2, 0) is 6.42 Å². The maximum atomic E-state index is 4.89. The Morgan fingerprint density at radius 1 is 1.38 bits per heavy atom. The number of nitrogens with one attached hydrogen (secondary N) is 1. The van der Waals surface area contributed by atoms with E-state index in [0.717, 1.165) is 17.9 Å². The van der Waals surface area contributed by atoms with Crippen molar-refractivity contribution in [1.29, 1.82) is 0 Å². The maximum absolute atomic E-state index is 4.89. The molecule has 4 nitrogen and oxygen atoms in total. The number of hydrogen-bond donors (Lipinski definition) is 1. The average Bonchev–Trinajstić information content (AvgIpc) is 3.29. The van der Waals surface area contributed by atoms with Crippen LogP contribution < -0.4 is 5.32 Å². The molecule has 0 aromatic carbocycles. The lowest BCUT2D eigenvalue weighted by Crippen LogP contribution is -2.34. The number of fused-ring (bicyclic) bond motifs is 1. The van der Waals surface area contributed by atoms with Gasteiger partial charge in [-0.1, -0.05) is 6.92 Å². The quantitative estimate of drug-likeness (QED) is 0.938. The van der Waals surface area contributed by atoms with Crippen molar-refractivity contribution < 1.29 is 0 Å². The first-order valence-corrected chi connectivity index (χ1v) is 8.34. The van der Waals surface area contributed by atoms with Crippen LogP contribution in [0.3, 0.4) is 0 Å². The van der Waals surface area contributed by atoms with Crippen LogP contribution >= 0.6 is 0 Å². The smallest absolute Gasteiger partial charge is 0.110 e. The van der Waals surface area contributed by atoms with Crippen LogP contribution in [0.25, 0.3) is 11.0 Å². The minimum absolute atomic E-state index is 0.684. The average molecular weight is 284 g/mol. The first-order valence-electron chi connectivity index (χ1n) is 8.34. The zero-order chi connectivity index (χ0) is 14.2. The van der Waals surface area contributed by atoms with Gasteiger partial charge in [0.05, 0.1) is 11.7 Å². The molecule has 2 atom stereocenters. The van der Waals surface area contributed by atoms with Gasteiger partial charge in [-0.3, -0.25) is 4.98 Å². The van der Waals surface area contributed by atoms with E-state index in [0.29, 0.717) is 12.0 Å². The first kappa shape index (κ1) is 13.3. The summed E-state index contributed by atoms with van der Waals surface area (Å²) in [7, 11) is 0. The van der Waals surface area contributed by atoms with E-state index in [1.54, 1.807) is 0 Å². The molecule has 2 unspecified atom stereocenters. The molecule has 1 saturated heterocycles. The van der Waals surface area contributed by atoms with Crippen LogP contribution in [-0.4, -0.2) is 27.6 Å². The summed E-state index contributed by atoms with van der Waals surface area (Å²) in [6, 6.07) is 2.81. The van der Waals surface area contributed by atoms with E-state index in [2.05, 4.69) is 27.9 Å². The van der Waals surface area contributed by atoms with Crippen molar-refractivity contribution in [3.63, 3.8) is 0 Å². The van der Waals surface area contributed by atoms with E-state index in [-0.39, 0.29) is 0 Å². The highest BCUT2D eigenvalue weighted by Gasteiger charge is 2.29. The number of pyridine rings is 1. The minimum atomic E-state index is 0.684. The van der Waals surface area contributed by atoms with Gasteiger partial charge >= 0.3 is 0 Å². The molecular weight excluding hydrogens is 260 g/mol. The van der Waals surface area contributed by atoms with Crippen molar-refractivity contribution >= 4 is 11.0 Å². The molecule has 0 radical (unpaired) electrons. The Bertz CT molecular complexity index is 623. The molecule has 4 rings (SSSR count). The second kappa shape index (κ2) is 5.41. The van der Waals surface area contributed by atoms with Gasteiger partial charge in [0.15, 0.2) is 0 Å². The first-order chi connectivity index (χ1) is 10.3. The van der Waals surface area contributed by atoms with Gasteiger partial charge < -0.3 is 9.88 Å². The Balaban J connectivity index is 1.61. The fourth-order valence-corrected chi connectivity index (χ4v) is 3.70. The van der Waals surface area contributed by atoms with Crippen LogP contribution in [0.15, 0.2) is 18.5 Å². The van der Waals surface area contributed by atoms with Gasteiger partial charge in [0.2, 0.25) is 0 Å². The Morgan fingerprint density at radius 2 is 2.29 bits per heavy atom. The van der Waals surface area contributed by atoms with Crippen molar-refractivity contribution in [3.8, 4) is 0 Å². The van der Waals surface area contributed by atoms with E-state index in [1.807, 2.05) is 12.4 Å². The van der Waals surface area contributed by atoms with Gasteiger partial charge in [-0.15, -0.1) is 0 Å². The summed E-state index contributed by atoms with van der Waals surface area (Å²) in [5.41, 5.74) is 2.34. The van der Waals surface area contributed by atoms with Gasteiger partial charge in [-0.2, -0.15) is 0 Å². The lowest BCUT2D eigenvalue weighted by Gasteiger charge is -2.28. The molecule has 2 fully saturated rings. The summed E-state index contributed by atoms with van der Waals surface area (Å²) in [6.07, 6.45) is 10.2. The van der Waals surface area contributed by atoms with Gasteiger partial charge in [0, 0.05) is 18.7 Å². The lowest BCUT2D eigenvalue weighted by molar-refractivity contribution is 0.274. The van der Waals surface area contributed by atoms with Crippen molar-refractivity contribution in [1.82, 2.24) is 19.9 Å². The van der Waals surface area contributed by atoms with Crippen LogP contribution in [0.4, 0.5) is 0 Å². The Kier molecular flexibility index (Phi) is 3.42. The van der Waals surface area contributed by atoms with Crippen LogP contribution in [0.2, 0.25) is 0 Å². The highest BCUT2D eigenvalue weighted by atomic mass is 15.1. The molecule has 1 N–H and O–H groups in total. The number of aromatic nitrogens is 3. The Morgan fingerprint density at radius 3 is 3.05 bits per heavy atom. The topological polar surface area (TPSA) is 42.7 Å². The Hall–Kier alpha value is -1.42. The van der Waals surface area contributed by atoms with E-state index < -0.39 is 0 Å². The van der Waals surface area contributed by atoms with Gasteiger partial charge in [-0.25, -0.2) is 4.98 Å². The maximum Gasteiger partial charge on any atom is 0.110 e. The second-order valence-electron chi connectivity index (χ2n) is 6.78. The molecule has 2 aromatic heterocycles. The highest BCUT2D eigenvalue weighted by Crippen LogP contribution is 2.39. The van der Waals surface area contributed by atoms with Gasteiger partial charge in [0.1, 0.15) is 11.3 Å². The van der Waals surface area contributed by atoms with E-state index in [9.17, 15) is 0 Å². The molecular formula is C17H24N4. The fraction of sp³-hybridized carbons (Fsp3) is 0.647. The minimum Gasteiger partial charge on any atom is -0.325 e. The highest BCUT2D eigenvalue weighted by molar-refractivity contribution is 5.75. The van der Waals surface area contributed by atoms with E-state index in [4.69, 9.17) is 4.98 Å². The number of nitrogens with zero attached hydrogens (tertiary/aromatic N) is 3. The number of piperidine rings is 1. The third-order valence-corrected chi connectivity index (χ3v) is 5.12. The van der Waals surface area contributed by atoms with Crippen LogP contribution in [0, 0.1) is 11.8 Å². The SMILES string of the molecule is CC(Cc1nc2cnccc2n1C1CC1)C1CCCNC1. The van der Waals surface area contributed by atoms with Crippen molar-refractivity contribution in [3.05, 3.63) is 24.3 Å². The molecule has 21 heavy (non-hydrogen) atoms.